The molecule has 0 unspecified atom stereocenters. The van der Waals surface area contributed by atoms with Crippen LogP contribution in [0.5, 0.6) is 5.75 Å². The second-order valence-corrected chi connectivity index (χ2v) is 6.95. The molecule has 1 amide bonds. The Labute approximate surface area is 170 Å². The number of anilines is 1. The summed E-state index contributed by atoms with van der Waals surface area (Å²) in [5.41, 5.74) is 3.21. The van der Waals surface area contributed by atoms with E-state index in [1.165, 1.54) is 6.07 Å². The molecule has 0 aliphatic carbocycles. The van der Waals surface area contributed by atoms with Crippen LogP contribution in [0.1, 0.15) is 22.7 Å². The minimum Gasteiger partial charge on any atom is -0.495 e. The maximum absolute atomic E-state index is 13.9. The fraction of sp³-hybridized carbons (Fsp3) is 0.208. The van der Waals surface area contributed by atoms with Gasteiger partial charge in [-0.05, 0) is 36.2 Å². The molecule has 1 atom stereocenters. The van der Waals surface area contributed by atoms with Crippen molar-refractivity contribution >= 4 is 11.6 Å². The van der Waals surface area contributed by atoms with Gasteiger partial charge in [0.1, 0.15) is 11.6 Å². The van der Waals surface area contributed by atoms with Gasteiger partial charge in [-0.15, -0.1) is 0 Å². The lowest BCUT2D eigenvalue weighted by Crippen LogP contribution is -2.87. The number of nitrogens with one attached hydrogen (secondary N) is 1. The Morgan fingerprint density at radius 2 is 1.79 bits per heavy atom. The molecule has 29 heavy (non-hydrogen) atoms. The van der Waals surface area contributed by atoms with Crippen LogP contribution in [0.15, 0.2) is 72.8 Å². The molecule has 0 saturated heterocycles. The molecular weight excluding hydrogens is 367 g/mol. The maximum atomic E-state index is 13.9. The van der Waals surface area contributed by atoms with E-state index in [-0.39, 0.29) is 11.7 Å². The van der Waals surface area contributed by atoms with E-state index >= 15 is 0 Å². The van der Waals surface area contributed by atoms with Crippen molar-refractivity contribution in [2.45, 2.75) is 19.4 Å². The van der Waals surface area contributed by atoms with Crippen LogP contribution < -0.4 is 15.4 Å². The van der Waals surface area contributed by atoms with Crippen molar-refractivity contribution in [1.29, 1.82) is 0 Å². The van der Waals surface area contributed by atoms with Gasteiger partial charge in [0.05, 0.1) is 19.3 Å². The number of halogens is 1. The smallest absolute Gasteiger partial charge is 0.287 e. The van der Waals surface area contributed by atoms with Gasteiger partial charge in [0.15, 0.2) is 6.04 Å². The van der Waals surface area contributed by atoms with Gasteiger partial charge in [-0.3, -0.25) is 4.79 Å². The summed E-state index contributed by atoms with van der Waals surface area (Å²) >= 11 is 0. The normalized spacial score (nSPS) is 11.7. The first kappa shape index (κ1) is 20.6. The number of carbonyl (C=O) groups excluding carboxylic acids is 1. The Hall–Kier alpha value is -3.18. The van der Waals surface area contributed by atoms with E-state index in [1.807, 2.05) is 66.8 Å². The molecule has 3 aromatic rings. The van der Waals surface area contributed by atoms with E-state index in [0.717, 1.165) is 11.1 Å². The van der Waals surface area contributed by atoms with Crippen molar-refractivity contribution < 1.29 is 19.2 Å². The molecule has 0 bridgehead atoms. The van der Waals surface area contributed by atoms with Gasteiger partial charge in [0.2, 0.25) is 0 Å². The first-order valence-electron chi connectivity index (χ1n) is 9.65. The summed E-state index contributed by atoms with van der Waals surface area (Å²) in [5, 5.41) is 4.94. The van der Waals surface area contributed by atoms with Crippen molar-refractivity contribution in [2.75, 3.05) is 19.0 Å². The molecule has 0 heterocycles. The fourth-order valence-electron chi connectivity index (χ4n) is 3.29. The third kappa shape index (κ3) is 5.42. The summed E-state index contributed by atoms with van der Waals surface area (Å²) in [7, 11) is 1.58. The Balaban J connectivity index is 1.76. The van der Waals surface area contributed by atoms with Gasteiger partial charge in [-0.2, -0.15) is 0 Å². The van der Waals surface area contributed by atoms with Crippen LogP contribution in [-0.2, 0) is 11.2 Å². The Kier molecular flexibility index (Phi) is 6.98. The molecule has 0 aliphatic rings. The van der Waals surface area contributed by atoms with Crippen LogP contribution in [0.2, 0.25) is 0 Å². The summed E-state index contributed by atoms with van der Waals surface area (Å²) in [6.07, 6.45) is 0.539. The molecule has 3 N–H and O–H groups in total. The number of carbonyl (C=O) groups is 1. The van der Waals surface area contributed by atoms with Gasteiger partial charge in [0, 0.05) is 12.0 Å². The minimum atomic E-state index is -0.451. The quantitative estimate of drug-likeness (QED) is 0.614. The van der Waals surface area contributed by atoms with Crippen molar-refractivity contribution in [3.8, 4) is 5.75 Å². The monoisotopic (exact) mass is 393 g/mol. The number of quaternary nitrogens is 1. The Morgan fingerprint density at radius 1 is 1.07 bits per heavy atom. The molecule has 0 fully saturated rings. The van der Waals surface area contributed by atoms with E-state index in [2.05, 4.69) is 5.32 Å². The molecule has 0 aromatic heterocycles. The lowest BCUT2D eigenvalue weighted by atomic mass is 10.0. The van der Waals surface area contributed by atoms with E-state index in [9.17, 15) is 9.18 Å². The average molecular weight is 393 g/mol. The predicted molar refractivity (Wildman–Crippen MR) is 112 cm³/mol. The first-order chi connectivity index (χ1) is 14.1. The number of aryl methyl sites for hydroxylation is 1. The average Bonchev–Trinajstić information content (AvgIpc) is 2.73. The van der Waals surface area contributed by atoms with Crippen molar-refractivity contribution in [3.63, 3.8) is 0 Å². The van der Waals surface area contributed by atoms with Crippen molar-refractivity contribution in [1.82, 2.24) is 0 Å². The van der Waals surface area contributed by atoms with Crippen LogP contribution in [0.3, 0.4) is 0 Å². The number of ether oxygens (including phenoxy) is 1. The summed E-state index contributed by atoms with van der Waals surface area (Å²) in [5.74, 6) is 0.252. The molecule has 3 rings (SSSR count). The number of hydrogen-bond donors (Lipinski definition) is 2. The summed E-state index contributed by atoms with van der Waals surface area (Å²) in [6, 6.07) is 21.5. The van der Waals surface area contributed by atoms with Crippen LogP contribution in [-0.4, -0.2) is 19.6 Å². The SMILES string of the molecule is COc1ccc(C)cc1NC(=O)[C@H]([NH2+]CCc1ccccc1F)c1ccccc1. The summed E-state index contributed by atoms with van der Waals surface area (Å²) in [4.78, 5) is 13.1. The second-order valence-electron chi connectivity index (χ2n) is 6.95. The fourth-order valence-corrected chi connectivity index (χ4v) is 3.29. The lowest BCUT2D eigenvalue weighted by molar-refractivity contribution is -0.682. The molecule has 0 spiro atoms. The number of rotatable bonds is 8. The second kappa shape index (κ2) is 9.85. The van der Waals surface area contributed by atoms with Gasteiger partial charge in [-0.25, -0.2) is 4.39 Å². The highest BCUT2D eigenvalue weighted by molar-refractivity contribution is 5.95. The van der Waals surface area contributed by atoms with E-state index in [1.54, 1.807) is 19.2 Å². The number of hydrogen-bond acceptors (Lipinski definition) is 2. The van der Waals surface area contributed by atoms with Crippen LogP contribution >= 0.6 is 0 Å². The van der Waals surface area contributed by atoms with E-state index < -0.39 is 6.04 Å². The van der Waals surface area contributed by atoms with Crippen LogP contribution in [0.4, 0.5) is 10.1 Å². The molecular formula is C24H26FN2O2+. The number of amides is 1. The van der Waals surface area contributed by atoms with E-state index in [4.69, 9.17) is 4.74 Å². The van der Waals surface area contributed by atoms with Crippen LogP contribution in [0, 0.1) is 12.7 Å². The molecule has 4 nitrogen and oxygen atoms in total. The van der Waals surface area contributed by atoms with Gasteiger partial charge >= 0.3 is 0 Å². The molecule has 0 radical (unpaired) electrons. The molecule has 0 aliphatic heterocycles. The molecule has 5 heteroatoms. The minimum absolute atomic E-state index is 0.145. The zero-order valence-corrected chi connectivity index (χ0v) is 16.7. The van der Waals surface area contributed by atoms with Crippen molar-refractivity contribution in [3.05, 3.63) is 95.3 Å². The topological polar surface area (TPSA) is 54.9 Å². The third-order valence-corrected chi connectivity index (χ3v) is 4.83. The molecule has 0 saturated carbocycles. The summed E-state index contributed by atoms with van der Waals surface area (Å²) in [6.45, 7) is 2.54. The largest absolute Gasteiger partial charge is 0.495 e. The van der Waals surface area contributed by atoms with Gasteiger partial charge in [-0.1, -0.05) is 54.6 Å². The predicted octanol–water partition coefficient (Wildman–Crippen LogP) is 3.63. The zero-order chi connectivity index (χ0) is 20.6. The lowest BCUT2D eigenvalue weighted by Gasteiger charge is -2.17. The Morgan fingerprint density at radius 3 is 2.52 bits per heavy atom. The van der Waals surface area contributed by atoms with Gasteiger partial charge < -0.3 is 15.4 Å². The highest BCUT2D eigenvalue weighted by Crippen LogP contribution is 2.26. The highest BCUT2D eigenvalue weighted by atomic mass is 19.1. The van der Waals surface area contributed by atoms with E-state index in [0.29, 0.717) is 30.0 Å². The number of methoxy groups -OCH3 is 1. The number of nitrogens with two attached hydrogens (primary N) is 1. The standard InChI is InChI=1S/C24H25FN2O2/c1-17-12-13-22(29-2)21(16-17)27-24(28)23(19-9-4-3-5-10-19)26-15-14-18-8-6-7-11-20(18)25/h3-13,16,23,26H,14-15H2,1-2H3,(H,27,28)/p+1/t23-/m1/s1. The van der Waals surface area contributed by atoms with Crippen LogP contribution in [0.25, 0.3) is 0 Å². The number of benzene rings is 3. The first-order valence-corrected chi connectivity index (χ1v) is 9.65. The summed E-state index contributed by atoms with van der Waals surface area (Å²) < 4.78 is 19.3. The maximum Gasteiger partial charge on any atom is 0.287 e. The third-order valence-electron chi connectivity index (χ3n) is 4.83. The van der Waals surface area contributed by atoms with Gasteiger partial charge in [0.25, 0.3) is 5.91 Å². The zero-order valence-electron chi connectivity index (χ0n) is 16.7. The molecule has 3 aromatic carbocycles. The van der Waals surface area contributed by atoms with Crippen molar-refractivity contribution in [2.24, 2.45) is 0 Å². The highest BCUT2D eigenvalue weighted by Gasteiger charge is 2.25. The Bertz CT molecular complexity index is 960. The molecule has 150 valence electrons.